The van der Waals surface area contributed by atoms with Gasteiger partial charge in [-0.2, -0.15) is 5.26 Å². The summed E-state index contributed by atoms with van der Waals surface area (Å²) in [5.74, 6) is -0.345. The summed E-state index contributed by atoms with van der Waals surface area (Å²) in [5.41, 5.74) is 1.53. The van der Waals surface area contributed by atoms with E-state index in [-0.39, 0.29) is 5.82 Å². The number of rotatable bonds is 3. The molecule has 0 aliphatic heterocycles. The van der Waals surface area contributed by atoms with Crippen molar-refractivity contribution < 1.29 is 4.39 Å². The Labute approximate surface area is 127 Å². The average molecular weight is 384 g/mol. The number of halogens is 3. The van der Waals surface area contributed by atoms with Gasteiger partial charge in [0.1, 0.15) is 11.9 Å². The van der Waals surface area contributed by atoms with Crippen molar-refractivity contribution in [1.29, 1.82) is 5.26 Å². The first-order valence-corrected chi connectivity index (χ1v) is 7.05. The Morgan fingerprint density at radius 2 is 1.95 bits per heavy atom. The molecule has 0 aliphatic rings. The van der Waals surface area contributed by atoms with Gasteiger partial charge >= 0.3 is 0 Å². The van der Waals surface area contributed by atoms with Gasteiger partial charge in [0.2, 0.25) is 0 Å². The number of nitrogens with zero attached hydrogens (tertiary/aromatic N) is 1. The van der Waals surface area contributed by atoms with Crippen molar-refractivity contribution in [2.75, 3.05) is 5.32 Å². The maximum Gasteiger partial charge on any atom is 0.140 e. The van der Waals surface area contributed by atoms with Crippen molar-refractivity contribution in [2.45, 2.75) is 6.04 Å². The fourth-order valence-electron chi connectivity index (χ4n) is 1.63. The van der Waals surface area contributed by atoms with Crippen molar-refractivity contribution in [3.05, 3.63) is 62.8 Å². The Morgan fingerprint density at radius 3 is 2.58 bits per heavy atom. The summed E-state index contributed by atoms with van der Waals surface area (Å²) in [5, 5.41) is 12.3. The summed E-state index contributed by atoms with van der Waals surface area (Å²) in [6.07, 6.45) is 0. The quantitative estimate of drug-likeness (QED) is 0.806. The van der Waals surface area contributed by atoms with Crippen molar-refractivity contribution in [1.82, 2.24) is 0 Å². The molecule has 1 atom stereocenters. The van der Waals surface area contributed by atoms with Crippen LogP contribution in [0.5, 0.6) is 0 Å². The molecule has 0 radical (unpaired) electrons. The second-order valence-corrected chi connectivity index (χ2v) is 5.66. The van der Waals surface area contributed by atoms with E-state index in [4.69, 9.17) is 0 Å². The Hall–Kier alpha value is -1.38. The zero-order valence-electron chi connectivity index (χ0n) is 9.70. The van der Waals surface area contributed by atoms with Crippen LogP contribution in [0, 0.1) is 17.1 Å². The third-order valence-electron chi connectivity index (χ3n) is 2.54. The summed E-state index contributed by atoms with van der Waals surface area (Å²) in [6.45, 7) is 0. The highest BCUT2D eigenvalue weighted by molar-refractivity contribution is 9.10. The molecule has 19 heavy (non-hydrogen) atoms. The van der Waals surface area contributed by atoms with Gasteiger partial charge in [0.25, 0.3) is 0 Å². The molecule has 0 spiro atoms. The topological polar surface area (TPSA) is 35.8 Å². The lowest BCUT2D eigenvalue weighted by atomic mass is 10.1. The lowest BCUT2D eigenvalue weighted by molar-refractivity contribution is 0.620. The van der Waals surface area contributed by atoms with Gasteiger partial charge in [-0.3, -0.25) is 0 Å². The Balaban J connectivity index is 2.25. The summed E-state index contributed by atoms with van der Waals surface area (Å²) < 4.78 is 14.5. The highest BCUT2D eigenvalue weighted by atomic mass is 79.9. The Bertz CT molecular complexity index is 638. The molecule has 0 aromatic heterocycles. The van der Waals surface area contributed by atoms with E-state index in [9.17, 15) is 9.65 Å². The van der Waals surface area contributed by atoms with Crippen LogP contribution >= 0.6 is 31.9 Å². The van der Waals surface area contributed by atoms with E-state index in [1.807, 2.05) is 24.3 Å². The van der Waals surface area contributed by atoms with E-state index >= 15 is 0 Å². The molecule has 0 aliphatic carbocycles. The molecule has 0 saturated heterocycles. The molecule has 96 valence electrons. The normalized spacial score (nSPS) is 11.7. The van der Waals surface area contributed by atoms with Crippen LogP contribution in [0.25, 0.3) is 0 Å². The van der Waals surface area contributed by atoms with Crippen molar-refractivity contribution in [2.24, 2.45) is 0 Å². The first-order chi connectivity index (χ1) is 9.10. The number of hydrogen-bond donors (Lipinski definition) is 1. The van der Waals surface area contributed by atoms with Crippen LogP contribution in [-0.4, -0.2) is 0 Å². The Kier molecular flexibility index (Phi) is 4.56. The lowest BCUT2D eigenvalue weighted by Crippen LogP contribution is -2.08. The SMILES string of the molecule is N#CC(Nc1cccc(Br)c1)c1ccc(F)c(Br)c1. The monoisotopic (exact) mass is 382 g/mol. The third kappa shape index (κ3) is 3.55. The van der Waals surface area contributed by atoms with Gasteiger partial charge in [0.15, 0.2) is 0 Å². The third-order valence-corrected chi connectivity index (χ3v) is 3.64. The second kappa shape index (κ2) is 6.18. The molecule has 0 amide bonds. The van der Waals surface area contributed by atoms with E-state index in [2.05, 4.69) is 43.2 Å². The zero-order valence-corrected chi connectivity index (χ0v) is 12.9. The minimum atomic E-state index is -0.536. The fourth-order valence-corrected chi connectivity index (χ4v) is 2.42. The lowest BCUT2D eigenvalue weighted by Gasteiger charge is -2.14. The van der Waals surface area contributed by atoms with Crippen molar-refractivity contribution in [3.63, 3.8) is 0 Å². The first kappa shape index (κ1) is 14.0. The average Bonchev–Trinajstić information content (AvgIpc) is 2.39. The number of benzene rings is 2. The molecule has 1 unspecified atom stereocenters. The molecule has 1 N–H and O–H groups in total. The van der Waals surface area contributed by atoms with Gasteiger partial charge in [-0.05, 0) is 51.8 Å². The van der Waals surface area contributed by atoms with Crippen LogP contribution in [-0.2, 0) is 0 Å². The van der Waals surface area contributed by atoms with Gasteiger partial charge in [-0.25, -0.2) is 4.39 Å². The highest BCUT2D eigenvalue weighted by Crippen LogP contribution is 2.25. The molecular formula is C14H9Br2FN2. The van der Waals surface area contributed by atoms with Crippen molar-refractivity contribution in [3.8, 4) is 6.07 Å². The van der Waals surface area contributed by atoms with E-state index in [0.29, 0.717) is 10.0 Å². The molecule has 2 nitrogen and oxygen atoms in total. The van der Waals surface area contributed by atoms with E-state index < -0.39 is 6.04 Å². The number of nitriles is 1. The smallest absolute Gasteiger partial charge is 0.140 e. The maximum absolute atomic E-state index is 13.2. The summed E-state index contributed by atoms with van der Waals surface area (Å²) >= 11 is 6.49. The molecular weight excluding hydrogens is 375 g/mol. The molecule has 5 heteroatoms. The van der Waals surface area contributed by atoms with Crippen LogP contribution < -0.4 is 5.32 Å². The first-order valence-electron chi connectivity index (χ1n) is 5.47. The fraction of sp³-hybridized carbons (Fsp3) is 0.0714. The van der Waals surface area contributed by atoms with E-state index in [1.54, 1.807) is 12.1 Å². The summed E-state index contributed by atoms with van der Waals surface area (Å²) in [7, 11) is 0. The van der Waals surface area contributed by atoms with Crippen LogP contribution in [0.15, 0.2) is 51.4 Å². The number of anilines is 1. The van der Waals surface area contributed by atoms with Gasteiger partial charge in [0.05, 0.1) is 10.5 Å². The van der Waals surface area contributed by atoms with E-state index in [1.165, 1.54) is 6.07 Å². The molecule has 2 aromatic carbocycles. The van der Waals surface area contributed by atoms with Crippen LogP contribution in [0.1, 0.15) is 11.6 Å². The molecule has 0 saturated carbocycles. The van der Waals surface area contributed by atoms with Gasteiger partial charge < -0.3 is 5.32 Å². The maximum atomic E-state index is 13.2. The van der Waals surface area contributed by atoms with Crippen LogP contribution in [0.2, 0.25) is 0 Å². The molecule has 2 aromatic rings. The minimum Gasteiger partial charge on any atom is -0.366 e. The highest BCUT2D eigenvalue weighted by Gasteiger charge is 2.12. The zero-order chi connectivity index (χ0) is 13.8. The largest absolute Gasteiger partial charge is 0.366 e. The Morgan fingerprint density at radius 1 is 1.16 bits per heavy atom. The molecule has 2 rings (SSSR count). The van der Waals surface area contributed by atoms with Crippen LogP contribution in [0.3, 0.4) is 0 Å². The molecule has 0 heterocycles. The molecule has 0 fully saturated rings. The second-order valence-electron chi connectivity index (χ2n) is 3.89. The number of nitrogens with one attached hydrogen (secondary N) is 1. The summed E-state index contributed by atoms with van der Waals surface area (Å²) in [4.78, 5) is 0. The number of hydrogen-bond acceptors (Lipinski definition) is 2. The predicted molar refractivity (Wildman–Crippen MR) is 80.2 cm³/mol. The minimum absolute atomic E-state index is 0.345. The summed E-state index contributed by atoms with van der Waals surface area (Å²) in [6, 6.07) is 13.7. The van der Waals surface area contributed by atoms with E-state index in [0.717, 1.165) is 10.2 Å². The van der Waals surface area contributed by atoms with Crippen LogP contribution in [0.4, 0.5) is 10.1 Å². The van der Waals surface area contributed by atoms with Gasteiger partial charge in [-0.1, -0.05) is 28.1 Å². The van der Waals surface area contributed by atoms with Gasteiger partial charge in [-0.15, -0.1) is 0 Å². The van der Waals surface area contributed by atoms with Gasteiger partial charge in [0, 0.05) is 10.2 Å². The van der Waals surface area contributed by atoms with Crippen molar-refractivity contribution >= 4 is 37.5 Å². The predicted octanol–water partition coefficient (Wildman–Crippen LogP) is 5.03. The standard InChI is InChI=1S/C14H9Br2FN2/c15-10-2-1-3-11(7-10)19-14(8-18)9-4-5-13(17)12(16)6-9/h1-7,14,19H. The molecule has 0 bridgehead atoms.